The Bertz CT molecular complexity index is 164. The molecule has 70 valence electrons. The molecule has 0 unspecified atom stereocenters. The zero-order valence-electron chi connectivity index (χ0n) is 8.52. The lowest BCUT2D eigenvalue weighted by molar-refractivity contribution is -0.125. The number of rotatable bonds is 3. The summed E-state index contributed by atoms with van der Waals surface area (Å²) in [6, 6.07) is 0. The SMILES string of the molecule is CC(=O)C(C)(C)CC1CCCC1. The largest absolute Gasteiger partial charge is 0.299 e. The Kier molecular flexibility index (Phi) is 2.92. The Morgan fingerprint density at radius 3 is 2.25 bits per heavy atom. The predicted octanol–water partition coefficient (Wildman–Crippen LogP) is 3.18. The average Bonchev–Trinajstić information content (AvgIpc) is 2.38. The van der Waals surface area contributed by atoms with Gasteiger partial charge >= 0.3 is 0 Å². The van der Waals surface area contributed by atoms with E-state index in [0.717, 1.165) is 12.3 Å². The van der Waals surface area contributed by atoms with Crippen LogP contribution in [0.25, 0.3) is 0 Å². The summed E-state index contributed by atoms with van der Waals surface area (Å²) in [7, 11) is 0. The third kappa shape index (κ3) is 2.33. The van der Waals surface area contributed by atoms with E-state index in [4.69, 9.17) is 0 Å². The van der Waals surface area contributed by atoms with Crippen LogP contribution >= 0.6 is 0 Å². The normalized spacial score (nSPS) is 19.9. The van der Waals surface area contributed by atoms with Gasteiger partial charge in [-0.1, -0.05) is 39.5 Å². The first-order valence-electron chi connectivity index (χ1n) is 5.03. The second kappa shape index (κ2) is 3.59. The summed E-state index contributed by atoms with van der Waals surface area (Å²) in [6.45, 7) is 5.87. The molecular formula is C11H20O. The maximum absolute atomic E-state index is 11.3. The van der Waals surface area contributed by atoms with Gasteiger partial charge in [0.25, 0.3) is 0 Å². The molecule has 1 nitrogen and oxygen atoms in total. The van der Waals surface area contributed by atoms with Crippen LogP contribution < -0.4 is 0 Å². The van der Waals surface area contributed by atoms with E-state index in [0.29, 0.717) is 5.78 Å². The molecule has 1 fully saturated rings. The molecular weight excluding hydrogens is 148 g/mol. The van der Waals surface area contributed by atoms with Crippen LogP contribution in [0.3, 0.4) is 0 Å². The Morgan fingerprint density at radius 2 is 1.83 bits per heavy atom. The molecule has 1 rings (SSSR count). The van der Waals surface area contributed by atoms with Gasteiger partial charge in [0.15, 0.2) is 0 Å². The van der Waals surface area contributed by atoms with Crippen LogP contribution in [0.4, 0.5) is 0 Å². The molecule has 1 saturated carbocycles. The third-order valence-corrected chi connectivity index (χ3v) is 3.23. The van der Waals surface area contributed by atoms with Crippen molar-refractivity contribution in [3.05, 3.63) is 0 Å². The predicted molar refractivity (Wildman–Crippen MR) is 51.0 cm³/mol. The minimum atomic E-state index is -0.0744. The fraction of sp³-hybridized carbons (Fsp3) is 0.909. The number of hydrogen-bond donors (Lipinski definition) is 0. The van der Waals surface area contributed by atoms with Crippen molar-refractivity contribution in [1.82, 2.24) is 0 Å². The van der Waals surface area contributed by atoms with Crippen LogP contribution in [0.2, 0.25) is 0 Å². The van der Waals surface area contributed by atoms with E-state index in [1.165, 1.54) is 25.7 Å². The first-order valence-corrected chi connectivity index (χ1v) is 5.03. The summed E-state index contributed by atoms with van der Waals surface area (Å²) in [4.78, 5) is 11.3. The molecule has 1 heteroatoms. The van der Waals surface area contributed by atoms with Crippen molar-refractivity contribution in [3.8, 4) is 0 Å². The van der Waals surface area contributed by atoms with Crippen LogP contribution in [0.15, 0.2) is 0 Å². The number of Topliss-reactive ketones (excluding diaryl/α,β-unsaturated/α-hetero) is 1. The second-order valence-electron chi connectivity index (χ2n) is 4.79. The highest BCUT2D eigenvalue weighted by atomic mass is 16.1. The van der Waals surface area contributed by atoms with Crippen molar-refractivity contribution in [2.24, 2.45) is 11.3 Å². The van der Waals surface area contributed by atoms with Crippen molar-refractivity contribution in [3.63, 3.8) is 0 Å². The number of carbonyl (C=O) groups excluding carboxylic acids is 1. The highest BCUT2D eigenvalue weighted by Gasteiger charge is 2.28. The van der Waals surface area contributed by atoms with E-state index < -0.39 is 0 Å². The van der Waals surface area contributed by atoms with E-state index in [1.807, 2.05) is 0 Å². The zero-order chi connectivity index (χ0) is 9.19. The van der Waals surface area contributed by atoms with Crippen molar-refractivity contribution < 1.29 is 4.79 Å². The molecule has 0 spiro atoms. The van der Waals surface area contributed by atoms with Crippen LogP contribution in [-0.4, -0.2) is 5.78 Å². The van der Waals surface area contributed by atoms with Gasteiger partial charge in [0.1, 0.15) is 5.78 Å². The molecule has 0 aromatic heterocycles. The van der Waals surface area contributed by atoms with Crippen molar-refractivity contribution >= 4 is 5.78 Å². The molecule has 0 N–H and O–H groups in total. The van der Waals surface area contributed by atoms with Gasteiger partial charge in [-0.2, -0.15) is 0 Å². The van der Waals surface area contributed by atoms with Crippen molar-refractivity contribution in [2.75, 3.05) is 0 Å². The summed E-state index contributed by atoms with van der Waals surface area (Å²) < 4.78 is 0. The molecule has 12 heavy (non-hydrogen) atoms. The zero-order valence-corrected chi connectivity index (χ0v) is 8.52. The molecule has 0 aliphatic heterocycles. The van der Waals surface area contributed by atoms with Gasteiger partial charge in [0.05, 0.1) is 0 Å². The highest BCUT2D eigenvalue weighted by molar-refractivity contribution is 5.81. The van der Waals surface area contributed by atoms with Gasteiger partial charge < -0.3 is 0 Å². The fourth-order valence-electron chi connectivity index (χ4n) is 2.08. The Morgan fingerprint density at radius 1 is 1.33 bits per heavy atom. The van der Waals surface area contributed by atoms with Gasteiger partial charge in [-0.3, -0.25) is 4.79 Å². The minimum absolute atomic E-state index is 0.0744. The van der Waals surface area contributed by atoms with E-state index in [-0.39, 0.29) is 5.41 Å². The Balaban J connectivity index is 2.42. The third-order valence-electron chi connectivity index (χ3n) is 3.23. The summed E-state index contributed by atoms with van der Waals surface area (Å²) in [6.07, 6.45) is 6.53. The lowest BCUT2D eigenvalue weighted by Crippen LogP contribution is -2.24. The van der Waals surface area contributed by atoms with Crippen molar-refractivity contribution in [1.29, 1.82) is 0 Å². The second-order valence-corrected chi connectivity index (χ2v) is 4.79. The van der Waals surface area contributed by atoms with E-state index in [1.54, 1.807) is 6.92 Å². The molecule has 0 aromatic carbocycles. The lowest BCUT2D eigenvalue weighted by atomic mass is 9.79. The van der Waals surface area contributed by atoms with Gasteiger partial charge in [-0.05, 0) is 19.3 Å². The quantitative estimate of drug-likeness (QED) is 0.632. The summed E-state index contributed by atoms with van der Waals surface area (Å²) in [5, 5.41) is 0. The first-order chi connectivity index (χ1) is 5.52. The summed E-state index contributed by atoms with van der Waals surface area (Å²) in [5.74, 6) is 1.17. The summed E-state index contributed by atoms with van der Waals surface area (Å²) in [5.41, 5.74) is -0.0744. The van der Waals surface area contributed by atoms with Gasteiger partial charge in [-0.15, -0.1) is 0 Å². The van der Waals surface area contributed by atoms with Crippen molar-refractivity contribution in [2.45, 2.75) is 52.9 Å². The summed E-state index contributed by atoms with van der Waals surface area (Å²) >= 11 is 0. The van der Waals surface area contributed by atoms with Crippen LogP contribution in [0, 0.1) is 11.3 Å². The van der Waals surface area contributed by atoms with E-state index >= 15 is 0 Å². The average molecular weight is 168 g/mol. The standard InChI is InChI=1S/C11H20O/c1-9(12)11(2,3)8-10-6-4-5-7-10/h10H,4-8H2,1-3H3. The lowest BCUT2D eigenvalue weighted by Gasteiger charge is -2.24. The molecule has 1 aliphatic rings. The van der Waals surface area contributed by atoms with E-state index in [9.17, 15) is 4.79 Å². The fourth-order valence-corrected chi connectivity index (χ4v) is 2.08. The van der Waals surface area contributed by atoms with Gasteiger partial charge in [-0.25, -0.2) is 0 Å². The first kappa shape index (κ1) is 9.76. The molecule has 0 radical (unpaired) electrons. The molecule has 0 heterocycles. The molecule has 0 atom stereocenters. The number of carbonyl (C=O) groups is 1. The molecule has 0 aromatic rings. The van der Waals surface area contributed by atoms with E-state index in [2.05, 4.69) is 13.8 Å². The van der Waals surface area contributed by atoms with Crippen LogP contribution in [0.1, 0.15) is 52.9 Å². The maximum atomic E-state index is 11.3. The monoisotopic (exact) mass is 168 g/mol. The molecule has 0 amide bonds. The number of hydrogen-bond acceptors (Lipinski definition) is 1. The maximum Gasteiger partial charge on any atom is 0.135 e. The van der Waals surface area contributed by atoms with Crippen LogP contribution in [-0.2, 0) is 4.79 Å². The Labute approximate surface area is 75.5 Å². The van der Waals surface area contributed by atoms with Gasteiger partial charge in [0, 0.05) is 5.41 Å². The highest BCUT2D eigenvalue weighted by Crippen LogP contribution is 2.35. The molecule has 0 saturated heterocycles. The number of ketones is 1. The van der Waals surface area contributed by atoms with Crippen LogP contribution in [0.5, 0.6) is 0 Å². The molecule has 0 bridgehead atoms. The Hall–Kier alpha value is -0.330. The smallest absolute Gasteiger partial charge is 0.135 e. The van der Waals surface area contributed by atoms with Gasteiger partial charge in [0.2, 0.25) is 0 Å². The topological polar surface area (TPSA) is 17.1 Å². The minimum Gasteiger partial charge on any atom is -0.299 e. The molecule has 1 aliphatic carbocycles.